The molecule has 0 aromatic heterocycles. The summed E-state index contributed by atoms with van der Waals surface area (Å²) in [5.41, 5.74) is 1.34. The van der Waals surface area contributed by atoms with Crippen LogP contribution in [0.25, 0.3) is 0 Å². The topological polar surface area (TPSA) is 86.8 Å². The van der Waals surface area contributed by atoms with Gasteiger partial charge in [-0.05, 0) is 41.3 Å². The fourth-order valence-electron chi connectivity index (χ4n) is 4.06. The van der Waals surface area contributed by atoms with Gasteiger partial charge in [-0.25, -0.2) is 12.8 Å². The predicted octanol–water partition coefficient (Wildman–Crippen LogP) is 4.77. The maximum absolute atomic E-state index is 14.7. The summed E-state index contributed by atoms with van der Waals surface area (Å²) in [6.45, 7) is 3.72. The molecule has 7 nitrogen and oxygen atoms in total. The number of nitrogens with one attached hydrogen (secondary N) is 1. The Morgan fingerprint density at radius 3 is 2.21 bits per heavy atom. The summed E-state index contributed by atoms with van der Waals surface area (Å²) in [4.78, 5) is 28.9. The van der Waals surface area contributed by atoms with Crippen molar-refractivity contribution >= 4 is 43.5 Å². The fraction of sp³-hybridized carbons (Fsp3) is 0.310. The maximum Gasteiger partial charge on any atom is 0.244 e. The van der Waals surface area contributed by atoms with Crippen LogP contribution in [0, 0.1) is 11.7 Å². The highest BCUT2D eigenvalue weighted by Crippen LogP contribution is 2.23. The first kappa shape index (κ1) is 30.3. The van der Waals surface area contributed by atoms with E-state index in [4.69, 9.17) is 0 Å². The zero-order valence-electron chi connectivity index (χ0n) is 22.2. The number of halogens is 2. The Labute approximate surface area is 238 Å². The Kier molecular flexibility index (Phi) is 10.7. The molecular weight excluding hydrogens is 585 g/mol. The van der Waals surface area contributed by atoms with Crippen molar-refractivity contribution < 1.29 is 22.4 Å². The predicted molar refractivity (Wildman–Crippen MR) is 155 cm³/mol. The third-order valence-electron chi connectivity index (χ3n) is 6.00. The Morgan fingerprint density at radius 2 is 1.59 bits per heavy atom. The lowest BCUT2D eigenvalue weighted by Gasteiger charge is -2.33. The number of amides is 2. The number of rotatable bonds is 12. The van der Waals surface area contributed by atoms with Gasteiger partial charge in [0.05, 0.1) is 11.9 Å². The number of carbonyl (C=O) groups excluding carboxylic acids is 2. The van der Waals surface area contributed by atoms with E-state index in [1.165, 1.54) is 23.1 Å². The van der Waals surface area contributed by atoms with Crippen molar-refractivity contribution in [2.45, 2.75) is 32.9 Å². The van der Waals surface area contributed by atoms with E-state index in [2.05, 4.69) is 21.2 Å². The summed E-state index contributed by atoms with van der Waals surface area (Å²) in [5, 5.41) is 2.93. The summed E-state index contributed by atoms with van der Waals surface area (Å²) in [6.07, 6.45) is 1.13. The van der Waals surface area contributed by atoms with Crippen molar-refractivity contribution in [1.82, 2.24) is 10.2 Å². The summed E-state index contributed by atoms with van der Waals surface area (Å²) < 4.78 is 41.6. The number of anilines is 1. The number of hydrogen-bond donors (Lipinski definition) is 1. The number of hydrogen-bond acceptors (Lipinski definition) is 4. The van der Waals surface area contributed by atoms with Crippen molar-refractivity contribution in [3.63, 3.8) is 0 Å². The number of sulfonamides is 1. The van der Waals surface area contributed by atoms with Gasteiger partial charge < -0.3 is 10.2 Å². The molecule has 1 atom stereocenters. The first-order valence-electron chi connectivity index (χ1n) is 12.5. The van der Waals surface area contributed by atoms with Gasteiger partial charge in [0.15, 0.2) is 0 Å². The summed E-state index contributed by atoms with van der Waals surface area (Å²) in [7, 11) is -4.04. The molecule has 0 aliphatic heterocycles. The summed E-state index contributed by atoms with van der Waals surface area (Å²) in [5.74, 6) is -1.58. The smallest absolute Gasteiger partial charge is 0.244 e. The van der Waals surface area contributed by atoms with Crippen molar-refractivity contribution in [2.75, 3.05) is 23.7 Å². The molecule has 0 fully saturated rings. The lowest BCUT2D eigenvalue weighted by molar-refractivity contribution is -0.140. The molecule has 3 aromatic rings. The van der Waals surface area contributed by atoms with E-state index >= 15 is 0 Å². The normalized spacial score (nSPS) is 12.2. The number of para-hydroxylation sites is 1. The van der Waals surface area contributed by atoms with Crippen LogP contribution in [0.2, 0.25) is 0 Å². The Morgan fingerprint density at radius 1 is 0.949 bits per heavy atom. The highest BCUT2D eigenvalue weighted by Gasteiger charge is 2.33. The molecular formula is C29H33BrFN3O4S. The number of nitrogens with zero attached hydrogens (tertiary/aromatic N) is 2. The molecule has 0 spiro atoms. The molecule has 0 saturated carbocycles. The van der Waals surface area contributed by atoms with E-state index in [0.29, 0.717) is 6.54 Å². The van der Waals surface area contributed by atoms with E-state index in [9.17, 15) is 22.4 Å². The zero-order valence-corrected chi connectivity index (χ0v) is 24.6. The van der Waals surface area contributed by atoms with Crippen LogP contribution in [0.1, 0.15) is 25.0 Å². The highest BCUT2D eigenvalue weighted by atomic mass is 79.9. The molecule has 0 bridgehead atoms. The van der Waals surface area contributed by atoms with Gasteiger partial charge in [-0.15, -0.1) is 0 Å². The summed E-state index contributed by atoms with van der Waals surface area (Å²) in [6, 6.07) is 21.0. The van der Waals surface area contributed by atoms with Gasteiger partial charge in [-0.3, -0.25) is 13.9 Å². The molecule has 0 heterocycles. The standard InChI is InChI=1S/C29H33BrFN3O4S/c1-21(2)18-32-29(36)27(17-22-10-5-4-6-11-22)33(19-23-12-9-13-24(30)16-23)28(35)20-34(39(3,37)38)26-15-8-7-14-25(26)31/h4-16,21,27H,17-20H2,1-3H3,(H,32,36)/t27-/m0/s1. The van der Waals surface area contributed by atoms with Gasteiger partial charge in [-0.1, -0.05) is 84.4 Å². The minimum atomic E-state index is -4.04. The lowest BCUT2D eigenvalue weighted by Crippen LogP contribution is -2.53. The first-order chi connectivity index (χ1) is 18.5. The minimum absolute atomic E-state index is 0.0414. The number of carbonyl (C=O) groups is 2. The van der Waals surface area contributed by atoms with Crippen molar-refractivity contribution in [1.29, 1.82) is 0 Å². The molecule has 10 heteroatoms. The summed E-state index contributed by atoms with van der Waals surface area (Å²) >= 11 is 3.44. The molecule has 1 N–H and O–H groups in total. The Bertz CT molecular complexity index is 1390. The van der Waals surface area contributed by atoms with Gasteiger partial charge in [0.2, 0.25) is 21.8 Å². The molecule has 208 valence electrons. The largest absolute Gasteiger partial charge is 0.354 e. The lowest BCUT2D eigenvalue weighted by atomic mass is 10.0. The molecule has 2 amide bonds. The SMILES string of the molecule is CC(C)CNC(=O)[C@H](Cc1ccccc1)N(Cc1cccc(Br)c1)C(=O)CN(c1ccccc1F)S(C)(=O)=O. The second-order valence-corrected chi connectivity index (χ2v) is 12.5. The monoisotopic (exact) mass is 617 g/mol. The molecule has 0 unspecified atom stereocenters. The third kappa shape index (κ3) is 8.90. The van der Waals surface area contributed by atoms with Crippen LogP contribution >= 0.6 is 15.9 Å². The van der Waals surface area contributed by atoms with Crippen LogP contribution in [0.3, 0.4) is 0 Å². The highest BCUT2D eigenvalue weighted by molar-refractivity contribution is 9.10. The van der Waals surface area contributed by atoms with Crippen molar-refractivity contribution in [3.05, 3.63) is 100 Å². The Hall–Kier alpha value is -3.24. The van der Waals surface area contributed by atoms with Gasteiger partial charge in [0, 0.05) is 24.0 Å². The quantitative estimate of drug-likeness (QED) is 0.317. The van der Waals surface area contributed by atoms with E-state index < -0.39 is 34.3 Å². The molecule has 0 saturated heterocycles. The third-order valence-corrected chi connectivity index (χ3v) is 7.62. The van der Waals surface area contributed by atoms with Gasteiger partial charge in [-0.2, -0.15) is 0 Å². The number of benzene rings is 3. The zero-order chi connectivity index (χ0) is 28.6. The minimum Gasteiger partial charge on any atom is -0.354 e. The van der Waals surface area contributed by atoms with E-state index in [1.807, 2.05) is 68.4 Å². The van der Waals surface area contributed by atoms with E-state index in [0.717, 1.165) is 32.2 Å². The van der Waals surface area contributed by atoms with E-state index in [1.54, 1.807) is 0 Å². The van der Waals surface area contributed by atoms with Gasteiger partial charge in [0.1, 0.15) is 18.4 Å². The average Bonchev–Trinajstić information content (AvgIpc) is 2.88. The van der Waals surface area contributed by atoms with Crippen molar-refractivity contribution in [2.24, 2.45) is 5.92 Å². The van der Waals surface area contributed by atoms with Crippen LogP contribution < -0.4 is 9.62 Å². The van der Waals surface area contributed by atoms with Crippen LogP contribution in [0.5, 0.6) is 0 Å². The van der Waals surface area contributed by atoms with Crippen LogP contribution in [-0.4, -0.2) is 50.5 Å². The second-order valence-electron chi connectivity index (χ2n) is 9.72. The average molecular weight is 619 g/mol. The van der Waals surface area contributed by atoms with Crippen LogP contribution in [0.15, 0.2) is 83.3 Å². The maximum atomic E-state index is 14.7. The van der Waals surface area contributed by atoms with Crippen LogP contribution in [-0.2, 0) is 32.6 Å². The van der Waals surface area contributed by atoms with Gasteiger partial charge >= 0.3 is 0 Å². The second kappa shape index (κ2) is 13.7. The Balaban J connectivity index is 2.05. The van der Waals surface area contributed by atoms with Gasteiger partial charge in [0.25, 0.3) is 0 Å². The molecule has 3 aromatic carbocycles. The fourth-order valence-corrected chi connectivity index (χ4v) is 5.35. The molecule has 0 aliphatic rings. The van der Waals surface area contributed by atoms with Crippen LogP contribution in [0.4, 0.5) is 10.1 Å². The van der Waals surface area contributed by atoms with E-state index in [-0.39, 0.29) is 30.5 Å². The molecule has 0 aliphatic carbocycles. The molecule has 3 rings (SSSR count). The molecule has 39 heavy (non-hydrogen) atoms. The van der Waals surface area contributed by atoms with Crippen molar-refractivity contribution in [3.8, 4) is 0 Å². The molecule has 0 radical (unpaired) electrons. The first-order valence-corrected chi connectivity index (χ1v) is 15.2.